The summed E-state index contributed by atoms with van der Waals surface area (Å²) in [5.41, 5.74) is -0.503. The van der Waals surface area contributed by atoms with Crippen molar-refractivity contribution in [3.8, 4) is 0 Å². The normalized spacial score (nSPS) is 11.3. The molecule has 0 saturated heterocycles. The van der Waals surface area contributed by atoms with E-state index in [2.05, 4.69) is 25.8 Å². The van der Waals surface area contributed by atoms with Crippen molar-refractivity contribution < 1.29 is 13.6 Å². The molecule has 0 aliphatic carbocycles. The summed E-state index contributed by atoms with van der Waals surface area (Å²) in [6, 6.07) is -0.707. The minimum atomic E-state index is -2.78. The Bertz CT molecular complexity index is 673. The van der Waals surface area contributed by atoms with Gasteiger partial charge in [0.25, 0.3) is 6.43 Å². The number of aryl methyl sites for hydroxylation is 2. The molecule has 2 heterocycles. The highest BCUT2D eigenvalue weighted by Crippen LogP contribution is 2.26. The van der Waals surface area contributed by atoms with Gasteiger partial charge in [-0.25, -0.2) is 13.6 Å². The lowest BCUT2D eigenvalue weighted by molar-refractivity contribution is 0.145. The number of halogens is 2. The SMILES string of the molecule is Cc1nc(NC(=O)Nc2cn(CC(C)C)nc2C(F)F)nn1C. The van der Waals surface area contributed by atoms with E-state index in [9.17, 15) is 13.6 Å². The Morgan fingerprint density at radius 2 is 2.00 bits per heavy atom. The molecule has 2 rings (SSSR count). The van der Waals surface area contributed by atoms with Crippen LogP contribution in [0.1, 0.15) is 31.8 Å². The fourth-order valence-electron chi connectivity index (χ4n) is 1.93. The van der Waals surface area contributed by atoms with Gasteiger partial charge < -0.3 is 5.32 Å². The van der Waals surface area contributed by atoms with E-state index in [0.29, 0.717) is 12.4 Å². The van der Waals surface area contributed by atoms with Gasteiger partial charge in [0.2, 0.25) is 5.95 Å². The number of carbonyl (C=O) groups excluding carboxylic acids is 1. The van der Waals surface area contributed by atoms with Crippen molar-refractivity contribution in [3.05, 3.63) is 17.7 Å². The largest absolute Gasteiger partial charge is 0.326 e. The van der Waals surface area contributed by atoms with E-state index in [1.165, 1.54) is 15.6 Å². The topological polar surface area (TPSA) is 89.7 Å². The van der Waals surface area contributed by atoms with E-state index in [4.69, 9.17) is 0 Å². The van der Waals surface area contributed by atoms with Crippen molar-refractivity contribution in [2.45, 2.75) is 33.7 Å². The number of nitrogens with zero attached hydrogens (tertiary/aromatic N) is 5. The molecule has 23 heavy (non-hydrogen) atoms. The van der Waals surface area contributed by atoms with Crippen LogP contribution in [-0.2, 0) is 13.6 Å². The zero-order valence-electron chi connectivity index (χ0n) is 13.3. The van der Waals surface area contributed by atoms with Gasteiger partial charge >= 0.3 is 6.03 Å². The molecule has 0 aliphatic rings. The van der Waals surface area contributed by atoms with Crippen LogP contribution in [-0.4, -0.2) is 30.6 Å². The van der Waals surface area contributed by atoms with Crippen LogP contribution in [0, 0.1) is 12.8 Å². The molecular weight excluding hydrogens is 308 g/mol. The smallest absolute Gasteiger partial charge is 0.304 e. The van der Waals surface area contributed by atoms with Gasteiger partial charge in [-0.2, -0.15) is 10.1 Å². The van der Waals surface area contributed by atoms with Gasteiger partial charge in [-0.1, -0.05) is 13.8 Å². The van der Waals surface area contributed by atoms with Gasteiger partial charge in [0.1, 0.15) is 5.82 Å². The maximum absolute atomic E-state index is 13.0. The summed E-state index contributed by atoms with van der Waals surface area (Å²) in [5, 5.41) is 12.5. The molecule has 0 atom stereocenters. The van der Waals surface area contributed by atoms with Crippen LogP contribution < -0.4 is 10.6 Å². The highest BCUT2D eigenvalue weighted by molar-refractivity contribution is 5.98. The van der Waals surface area contributed by atoms with Crippen molar-refractivity contribution in [1.29, 1.82) is 0 Å². The van der Waals surface area contributed by atoms with E-state index < -0.39 is 18.2 Å². The first-order valence-corrected chi connectivity index (χ1v) is 7.07. The molecule has 126 valence electrons. The second-order valence-electron chi connectivity index (χ2n) is 5.53. The number of hydrogen-bond acceptors (Lipinski definition) is 4. The van der Waals surface area contributed by atoms with E-state index in [1.807, 2.05) is 13.8 Å². The quantitative estimate of drug-likeness (QED) is 0.883. The highest BCUT2D eigenvalue weighted by Gasteiger charge is 2.20. The Balaban J connectivity index is 2.11. The molecule has 0 aromatic carbocycles. The van der Waals surface area contributed by atoms with Gasteiger partial charge in [-0.05, 0) is 12.8 Å². The first-order valence-electron chi connectivity index (χ1n) is 7.07. The molecule has 2 amide bonds. The summed E-state index contributed by atoms with van der Waals surface area (Å²) in [5.74, 6) is 0.941. The molecule has 2 aromatic rings. The summed E-state index contributed by atoms with van der Waals surface area (Å²) < 4.78 is 29.0. The summed E-state index contributed by atoms with van der Waals surface area (Å²) in [7, 11) is 1.68. The Kier molecular flexibility index (Phi) is 4.92. The molecule has 0 fully saturated rings. The highest BCUT2D eigenvalue weighted by atomic mass is 19.3. The van der Waals surface area contributed by atoms with Crippen LogP contribution in [0.25, 0.3) is 0 Å². The zero-order chi connectivity index (χ0) is 17.1. The summed E-state index contributed by atoms with van der Waals surface area (Å²) in [6.07, 6.45) is -1.40. The van der Waals surface area contributed by atoms with Crippen molar-refractivity contribution in [3.63, 3.8) is 0 Å². The fourth-order valence-corrected chi connectivity index (χ4v) is 1.93. The van der Waals surface area contributed by atoms with Gasteiger partial charge in [0.15, 0.2) is 5.69 Å². The van der Waals surface area contributed by atoms with Crippen molar-refractivity contribution in [1.82, 2.24) is 24.5 Å². The third-order valence-electron chi connectivity index (χ3n) is 3.00. The minimum absolute atomic E-state index is 0.0363. The number of aromatic nitrogens is 5. The first-order chi connectivity index (χ1) is 10.8. The second kappa shape index (κ2) is 6.71. The third-order valence-corrected chi connectivity index (χ3v) is 3.00. The Morgan fingerprint density at radius 3 is 2.52 bits per heavy atom. The molecule has 0 aliphatic heterocycles. The lowest BCUT2D eigenvalue weighted by atomic mass is 10.2. The van der Waals surface area contributed by atoms with Gasteiger partial charge in [-0.15, -0.1) is 5.10 Å². The predicted molar refractivity (Wildman–Crippen MR) is 80.4 cm³/mol. The number of alkyl halides is 2. The Labute approximate surface area is 131 Å². The molecular formula is C13H19F2N7O. The molecule has 2 N–H and O–H groups in total. The number of hydrogen-bond donors (Lipinski definition) is 2. The third kappa shape index (κ3) is 4.24. The number of rotatable bonds is 5. The van der Waals surface area contributed by atoms with Gasteiger partial charge in [0.05, 0.1) is 5.69 Å². The van der Waals surface area contributed by atoms with Crippen LogP contribution in [0.3, 0.4) is 0 Å². The summed E-state index contributed by atoms with van der Waals surface area (Å²) in [6.45, 7) is 6.09. The molecule has 0 radical (unpaired) electrons. The van der Waals surface area contributed by atoms with Crippen LogP contribution in [0.2, 0.25) is 0 Å². The van der Waals surface area contributed by atoms with Crippen LogP contribution in [0.5, 0.6) is 0 Å². The maximum Gasteiger partial charge on any atom is 0.326 e. The monoisotopic (exact) mass is 327 g/mol. The number of anilines is 2. The number of amides is 2. The van der Waals surface area contributed by atoms with Crippen molar-refractivity contribution in [2.24, 2.45) is 13.0 Å². The number of urea groups is 1. The van der Waals surface area contributed by atoms with Crippen molar-refractivity contribution >= 4 is 17.7 Å². The average Bonchev–Trinajstić information content (AvgIpc) is 2.93. The minimum Gasteiger partial charge on any atom is -0.304 e. The lowest BCUT2D eigenvalue weighted by Gasteiger charge is -2.04. The van der Waals surface area contributed by atoms with Gasteiger partial charge in [0, 0.05) is 19.8 Å². The summed E-state index contributed by atoms with van der Waals surface area (Å²) >= 11 is 0. The lowest BCUT2D eigenvalue weighted by Crippen LogP contribution is -2.20. The average molecular weight is 327 g/mol. The number of nitrogens with one attached hydrogen (secondary N) is 2. The second-order valence-corrected chi connectivity index (χ2v) is 5.53. The van der Waals surface area contributed by atoms with Crippen molar-refractivity contribution in [2.75, 3.05) is 10.6 Å². The standard InChI is InChI=1S/C13H19F2N7O/c1-7(2)5-22-6-9(10(19-22)11(14)15)17-13(23)18-12-16-8(3)21(4)20-12/h6-7,11H,5H2,1-4H3,(H2,17,18,20,23). The van der Waals surface area contributed by atoms with E-state index in [-0.39, 0.29) is 17.6 Å². The van der Waals surface area contributed by atoms with Crippen LogP contribution in [0.4, 0.5) is 25.2 Å². The molecule has 0 spiro atoms. The molecule has 0 saturated carbocycles. The molecule has 0 bridgehead atoms. The molecule has 0 unspecified atom stereocenters. The maximum atomic E-state index is 13.0. The molecule has 8 nitrogen and oxygen atoms in total. The predicted octanol–water partition coefficient (Wildman–Crippen LogP) is 2.56. The Morgan fingerprint density at radius 1 is 1.30 bits per heavy atom. The van der Waals surface area contributed by atoms with E-state index >= 15 is 0 Å². The summed E-state index contributed by atoms with van der Waals surface area (Å²) in [4.78, 5) is 15.9. The molecule has 10 heteroatoms. The fraction of sp³-hybridized carbons (Fsp3) is 0.538. The zero-order valence-corrected chi connectivity index (χ0v) is 13.3. The van der Waals surface area contributed by atoms with Crippen LogP contribution >= 0.6 is 0 Å². The van der Waals surface area contributed by atoms with Gasteiger partial charge in [-0.3, -0.25) is 14.7 Å². The number of carbonyl (C=O) groups is 1. The Hall–Kier alpha value is -2.52. The first kappa shape index (κ1) is 16.8. The molecule has 2 aromatic heterocycles. The van der Waals surface area contributed by atoms with E-state index in [0.717, 1.165) is 0 Å². The van der Waals surface area contributed by atoms with Crippen LogP contribution in [0.15, 0.2) is 6.20 Å². The van der Waals surface area contributed by atoms with E-state index in [1.54, 1.807) is 14.0 Å².